The summed E-state index contributed by atoms with van der Waals surface area (Å²) in [6.07, 6.45) is 0.776. The molecule has 2 aromatic heterocycles. The normalized spacial score (nSPS) is 12.3. The summed E-state index contributed by atoms with van der Waals surface area (Å²) in [5, 5.41) is 1.11. The molecule has 6 nitrogen and oxygen atoms in total. The fraction of sp³-hybridized carbons (Fsp3) is 0.364. The first-order valence-electron chi connectivity index (χ1n) is 9.63. The van der Waals surface area contributed by atoms with Gasteiger partial charge < -0.3 is 4.98 Å². The Balaban J connectivity index is 1.96. The number of nitrogens with zero attached hydrogens (tertiary/aromatic N) is 2. The molecule has 152 valence electrons. The lowest BCUT2D eigenvalue weighted by Gasteiger charge is -2.18. The van der Waals surface area contributed by atoms with Crippen LogP contribution >= 0.6 is 11.8 Å². The number of Topliss-reactive ketones (excluding diaryl/α,β-unsaturated/α-hetero) is 2. The minimum absolute atomic E-state index is 0.0315. The van der Waals surface area contributed by atoms with Crippen molar-refractivity contribution in [3.8, 4) is 0 Å². The Kier molecular flexibility index (Phi) is 6.07. The number of carbonyl (C=O) groups is 2. The molecule has 0 amide bonds. The highest BCUT2D eigenvalue weighted by atomic mass is 32.2. The number of thioether (sulfide) groups is 1. The quantitative estimate of drug-likeness (QED) is 0.352. The van der Waals surface area contributed by atoms with Crippen molar-refractivity contribution in [2.45, 2.75) is 52.2 Å². The molecule has 1 N–H and O–H groups in total. The van der Waals surface area contributed by atoms with Gasteiger partial charge in [0.2, 0.25) is 0 Å². The topological polar surface area (TPSA) is 84.8 Å². The molecule has 0 unspecified atom stereocenters. The SMILES string of the molecule is CC[C@H](C)n1c(SCC(=O)c2[nH]c(C)c(C(C)=O)c2C)nc2ccccc2c1=O. The number of H-pyrrole nitrogens is 1. The van der Waals surface area contributed by atoms with Crippen LogP contribution in [0.1, 0.15) is 65.3 Å². The molecule has 0 bridgehead atoms. The van der Waals surface area contributed by atoms with Crippen LogP contribution in [0.25, 0.3) is 10.9 Å². The third-order valence-electron chi connectivity index (χ3n) is 5.21. The van der Waals surface area contributed by atoms with Crippen molar-refractivity contribution >= 4 is 34.2 Å². The average molecular weight is 412 g/mol. The first kappa shape index (κ1) is 21.0. The van der Waals surface area contributed by atoms with E-state index >= 15 is 0 Å². The van der Waals surface area contributed by atoms with Crippen LogP contribution in [-0.4, -0.2) is 31.9 Å². The molecule has 1 aromatic carbocycles. The summed E-state index contributed by atoms with van der Waals surface area (Å²) >= 11 is 1.25. The van der Waals surface area contributed by atoms with Gasteiger partial charge in [-0.1, -0.05) is 30.8 Å². The van der Waals surface area contributed by atoms with Crippen LogP contribution in [0.5, 0.6) is 0 Å². The Hall–Kier alpha value is -2.67. The minimum Gasteiger partial charge on any atom is -0.355 e. The van der Waals surface area contributed by atoms with Crippen LogP contribution in [-0.2, 0) is 0 Å². The van der Waals surface area contributed by atoms with Crippen molar-refractivity contribution in [1.29, 1.82) is 0 Å². The molecule has 0 saturated carbocycles. The Morgan fingerprint density at radius 1 is 1.24 bits per heavy atom. The van der Waals surface area contributed by atoms with E-state index < -0.39 is 0 Å². The Morgan fingerprint density at radius 2 is 1.93 bits per heavy atom. The summed E-state index contributed by atoms with van der Waals surface area (Å²) in [4.78, 5) is 45.4. The van der Waals surface area contributed by atoms with Gasteiger partial charge in [0.05, 0.1) is 22.3 Å². The molecule has 0 spiro atoms. The molecule has 0 aliphatic heterocycles. The zero-order chi connectivity index (χ0) is 21.3. The number of fused-ring (bicyclic) bond motifs is 1. The van der Waals surface area contributed by atoms with Gasteiger partial charge in [-0.3, -0.25) is 19.0 Å². The number of nitrogens with one attached hydrogen (secondary N) is 1. The summed E-state index contributed by atoms with van der Waals surface area (Å²) in [5.74, 6) is -0.0646. The predicted molar refractivity (Wildman–Crippen MR) is 116 cm³/mol. The third kappa shape index (κ3) is 3.92. The standard InChI is InChI=1S/C22H25N3O3S/c1-6-12(2)25-21(28)16-9-7-8-10-17(16)24-22(25)29-11-18(27)20-13(3)19(15(5)26)14(4)23-20/h7-10,12,23H,6,11H2,1-5H3/t12-/m0/s1. The van der Waals surface area contributed by atoms with E-state index in [0.29, 0.717) is 38.6 Å². The first-order valence-corrected chi connectivity index (χ1v) is 10.6. The summed E-state index contributed by atoms with van der Waals surface area (Å²) in [6.45, 7) is 9.05. The number of hydrogen-bond acceptors (Lipinski definition) is 5. The number of hydrogen-bond donors (Lipinski definition) is 1. The summed E-state index contributed by atoms with van der Waals surface area (Å²) < 4.78 is 1.67. The van der Waals surface area contributed by atoms with Crippen molar-refractivity contribution in [3.63, 3.8) is 0 Å². The van der Waals surface area contributed by atoms with Crippen molar-refractivity contribution in [1.82, 2.24) is 14.5 Å². The zero-order valence-corrected chi connectivity index (χ0v) is 18.1. The second kappa shape index (κ2) is 8.37. The first-order chi connectivity index (χ1) is 13.8. The number of aromatic amines is 1. The molecule has 29 heavy (non-hydrogen) atoms. The van der Waals surface area contributed by atoms with Gasteiger partial charge in [-0.25, -0.2) is 4.98 Å². The molecule has 0 aliphatic rings. The highest BCUT2D eigenvalue weighted by molar-refractivity contribution is 7.99. The lowest BCUT2D eigenvalue weighted by atomic mass is 10.1. The Labute approximate surface area is 173 Å². The predicted octanol–water partition coefficient (Wildman–Crippen LogP) is 4.49. The number of para-hydroxylation sites is 1. The molecule has 3 rings (SSSR count). The van der Waals surface area contributed by atoms with Crippen LogP contribution < -0.4 is 5.56 Å². The van der Waals surface area contributed by atoms with E-state index in [1.54, 1.807) is 30.5 Å². The highest BCUT2D eigenvalue weighted by Gasteiger charge is 2.21. The smallest absolute Gasteiger partial charge is 0.262 e. The fourth-order valence-electron chi connectivity index (χ4n) is 3.56. The largest absolute Gasteiger partial charge is 0.355 e. The monoisotopic (exact) mass is 411 g/mol. The number of ketones is 2. The number of aryl methyl sites for hydroxylation is 1. The van der Waals surface area contributed by atoms with Gasteiger partial charge in [-0.15, -0.1) is 0 Å². The zero-order valence-electron chi connectivity index (χ0n) is 17.3. The summed E-state index contributed by atoms with van der Waals surface area (Å²) in [5.41, 5.74) is 2.91. The van der Waals surface area contributed by atoms with E-state index in [0.717, 1.165) is 6.42 Å². The van der Waals surface area contributed by atoms with Crippen molar-refractivity contribution in [2.24, 2.45) is 0 Å². The Bertz CT molecular complexity index is 1160. The second-order valence-electron chi connectivity index (χ2n) is 7.24. The molecular weight excluding hydrogens is 386 g/mol. The van der Waals surface area contributed by atoms with Gasteiger partial charge in [-0.2, -0.15) is 0 Å². The van der Waals surface area contributed by atoms with Gasteiger partial charge in [0.15, 0.2) is 16.7 Å². The minimum atomic E-state index is -0.124. The second-order valence-corrected chi connectivity index (χ2v) is 8.18. The van der Waals surface area contributed by atoms with Crippen LogP contribution in [0.4, 0.5) is 0 Å². The van der Waals surface area contributed by atoms with Gasteiger partial charge in [0, 0.05) is 17.3 Å². The highest BCUT2D eigenvalue weighted by Crippen LogP contribution is 2.25. The van der Waals surface area contributed by atoms with Crippen LogP contribution in [0.15, 0.2) is 34.2 Å². The van der Waals surface area contributed by atoms with E-state index in [1.807, 2.05) is 26.0 Å². The molecule has 0 saturated heterocycles. The maximum Gasteiger partial charge on any atom is 0.262 e. The maximum absolute atomic E-state index is 13.0. The molecule has 7 heteroatoms. The van der Waals surface area contributed by atoms with Gasteiger partial charge in [-0.05, 0) is 51.8 Å². The molecule has 0 radical (unpaired) electrons. The molecule has 2 heterocycles. The molecule has 3 aromatic rings. The lowest BCUT2D eigenvalue weighted by molar-refractivity contribution is 0.101. The van der Waals surface area contributed by atoms with Crippen molar-refractivity contribution < 1.29 is 9.59 Å². The van der Waals surface area contributed by atoms with E-state index in [1.165, 1.54) is 18.7 Å². The molecule has 0 aliphatic carbocycles. The van der Waals surface area contributed by atoms with Crippen molar-refractivity contribution in [2.75, 3.05) is 5.75 Å². The molecule has 0 fully saturated rings. The van der Waals surface area contributed by atoms with E-state index in [2.05, 4.69) is 9.97 Å². The number of carbonyl (C=O) groups excluding carboxylic acids is 2. The number of aromatic nitrogens is 3. The number of rotatable bonds is 7. The average Bonchev–Trinajstić information content (AvgIpc) is 3.00. The third-order valence-corrected chi connectivity index (χ3v) is 6.16. The fourth-order valence-corrected chi connectivity index (χ4v) is 4.53. The van der Waals surface area contributed by atoms with Crippen LogP contribution in [0.2, 0.25) is 0 Å². The molecule has 1 atom stereocenters. The van der Waals surface area contributed by atoms with Crippen LogP contribution in [0, 0.1) is 13.8 Å². The van der Waals surface area contributed by atoms with E-state index in [4.69, 9.17) is 0 Å². The van der Waals surface area contributed by atoms with Gasteiger partial charge >= 0.3 is 0 Å². The van der Waals surface area contributed by atoms with Crippen molar-refractivity contribution in [3.05, 3.63) is 57.1 Å². The molecular formula is C22H25N3O3S. The van der Waals surface area contributed by atoms with Gasteiger partial charge in [0.1, 0.15) is 0 Å². The maximum atomic E-state index is 13.0. The summed E-state index contributed by atoms with van der Waals surface area (Å²) in [6, 6.07) is 7.22. The van der Waals surface area contributed by atoms with Crippen LogP contribution in [0.3, 0.4) is 0 Å². The van der Waals surface area contributed by atoms with E-state index in [9.17, 15) is 14.4 Å². The lowest BCUT2D eigenvalue weighted by Crippen LogP contribution is -2.26. The van der Waals surface area contributed by atoms with E-state index in [-0.39, 0.29) is 28.9 Å². The number of benzene rings is 1. The van der Waals surface area contributed by atoms with Gasteiger partial charge in [0.25, 0.3) is 5.56 Å². The summed E-state index contributed by atoms with van der Waals surface area (Å²) in [7, 11) is 0. The Morgan fingerprint density at radius 3 is 2.55 bits per heavy atom.